The topological polar surface area (TPSA) is 38.9 Å². The molecule has 1 aromatic carbocycles. The molecule has 0 fully saturated rings. The molecule has 0 aliphatic heterocycles. The molecule has 78 valence electrons. The Balaban J connectivity index is 2.22. The van der Waals surface area contributed by atoms with E-state index in [1.165, 1.54) is 11.1 Å². The smallest absolute Gasteiger partial charge is 0.0968 e. The highest BCUT2D eigenvalue weighted by molar-refractivity contribution is 7.09. The van der Waals surface area contributed by atoms with Crippen molar-refractivity contribution in [1.82, 2.24) is 4.98 Å². The second-order valence-corrected chi connectivity index (χ2v) is 4.47. The van der Waals surface area contributed by atoms with Gasteiger partial charge in [0, 0.05) is 23.7 Å². The van der Waals surface area contributed by atoms with Crippen LogP contribution >= 0.6 is 11.3 Å². The molecule has 0 unspecified atom stereocenters. The van der Waals surface area contributed by atoms with Crippen molar-refractivity contribution < 1.29 is 0 Å². The zero-order valence-corrected chi connectivity index (χ0v) is 9.55. The van der Waals surface area contributed by atoms with Gasteiger partial charge in [-0.15, -0.1) is 11.3 Å². The molecule has 0 atom stereocenters. The lowest BCUT2D eigenvalue weighted by molar-refractivity contribution is 1.10. The van der Waals surface area contributed by atoms with E-state index in [-0.39, 0.29) is 0 Å². The lowest BCUT2D eigenvalue weighted by Crippen LogP contribution is -1.95. The van der Waals surface area contributed by atoms with Crippen molar-refractivity contribution >= 4 is 17.0 Å². The fourth-order valence-electron chi connectivity index (χ4n) is 1.59. The highest BCUT2D eigenvalue weighted by Crippen LogP contribution is 2.18. The molecule has 1 heterocycles. The molecule has 3 heteroatoms. The van der Waals surface area contributed by atoms with E-state index < -0.39 is 0 Å². The van der Waals surface area contributed by atoms with Gasteiger partial charge in [-0.25, -0.2) is 4.98 Å². The van der Waals surface area contributed by atoms with Gasteiger partial charge in [0.25, 0.3) is 0 Å². The third-order valence-electron chi connectivity index (χ3n) is 2.43. The molecule has 15 heavy (non-hydrogen) atoms. The van der Waals surface area contributed by atoms with Crippen LogP contribution in [0.25, 0.3) is 0 Å². The maximum absolute atomic E-state index is 5.86. The number of rotatable bonds is 3. The maximum atomic E-state index is 5.86. The van der Waals surface area contributed by atoms with Crippen LogP contribution in [0.1, 0.15) is 23.1 Å². The highest BCUT2D eigenvalue weighted by Gasteiger charge is 2.02. The van der Waals surface area contributed by atoms with E-state index in [9.17, 15) is 0 Å². The minimum Gasteiger partial charge on any atom is -0.399 e. The maximum Gasteiger partial charge on any atom is 0.0968 e. The van der Waals surface area contributed by atoms with Crippen molar-refractivity contribution in [3.8, 4) is 0 Å². The third-order valence-corrected chi connectivity index (χ3v) is 3.21. The molecule has 1 aromatic heterocycles. The zero-order valence-electron chi connectivity index (χ0n) is 8.73. The molecule has 0 spiro atoms. The molecule has 2 N–H and O–H groups in total. The standard InChI is InChI=1S/C12H14N2S/c1-2-10-7-9(3-4-11(10)13)8-12-14-5-6-15-12/h3-7H,2,8,13H2,1H3. The van der Waals surface area contributed by atoms with Crippen LogP contribution in [-0.4, -0.2) is 4.98 Å². The fraction of sp³-hybridized carbons (Fsp3) is 0.250. The number of thiazole rings is 1. The van der Waals surface area contributed by atoms with Gasteiger partial charge < -0.3 is 5.73 Å². The van der Waals surface area contributed by atoms with Crippen LogP contribution in [0.15, 0.2) is 29.8 Å². The first-order valence-corrected chi connectivity index (χ1v) is 5.93. The molecule has 0 aliphatic rings. The number of aryl methyl sites for hydroxylation is 1. The Bertz CT molecular complexity index is 435. The Morgan fingerprint density at radius 2 is 2.27 bits per heavy atom. The summed E-state index contributed by atoms with van der Waals surface area (Å²) in [6.45, 7) is 2.12. The van der Waals surface area contributed by atoms with Crippen molar-refractivity contribution in [2.45, 2.75) is 19.8 Å². The van der Waals surface area contributed by atoms with E-state index in [1.54, 1.807) is 11.3 Å². The van der Waals surface area contributed by atoms with Crippen molar-refractivity contribution in [3.05, 3.63) is 45.9 Å². The summed E-state index contributed by atoms with van der Waals surface area (Å²) in [4.78, 5) is 4.28. The van der Waals surface area contributed by atoms with E-state index in [0.717, 1.165) is 23.5 Å². The Morgan fingerprint density at radius 1 is 1.40 bits per heavy atom. The Kier molecular flexibility index (Phi) is 3.02. The number of nitrogens with two attached hydrogens (primary N) is 1. The van der Waals surface area contributed by atoms with Gasteiger partial charge in [-0.2, -0.15) is 0 Å². The number of nitrogens with zero attached hydrogens (tertiary/aromatic N) is 1. The van der Waals surface area contributed by atoms with Gasteiger partial charge in [0.15, 0.2) is 0 Å². The summed E-state index contributed by atoms with van der Waals surface area (Å²) in [5.74, 6) is 0. The summed E-state index contributed by atoms with van der Waals surface area (Å²) in [5, 5.41) is 3.16. The van der Waals surface area contributed by atoms with E-state index in [1.807, 2.05) is 17.6 Å². The SMILES string of the molecule is CCc1cc(Cc2nccs2)ccc1N. The molecular formula is C12H14N2S. The van der Waals surface area contributed by atoms with Crippen LogP contribution in [-0.2, 0) is 12.8 Å². The number of nitrogen functional groups attached to an aromatic ring is 1. The summed E-state index contributed by atoms with van der Waals surface area (Å²) in [5.41, 5.74) is 9.26. The molecule has 0 amide bonds. The van der Waals surface area contributed by atoms with Gasteiger partial charge in [-0.3, -0.25) is 0 Å². The van der Waals surface area contributed by atoms with Crippen LogP contribution in [0, 0.1) is 0 Å². The van der Waals surface area contributed by atoms with Crippen LogP contribution < -0.4 is 5.73 Å². The number of anilines is 1. The third kappa shape index (κ3) is 2.36. The molecule has 0 aliphatic carbocycles. The van der Waals surface area contributed by atoms with E-state index in [0.29, 0.717) is 0 Å². The predicted octanol–water partition coefficient (Wildman–Crippen LogP) is 2.88. The molecule has 2 nitrogen and oxygen atoms in total. The lowest BCUT2D eigenvalue weighted by atomic mass is 10.0. The van der Waals surface area contributed by atoms with Crippen molar-refractivity contribution in [2.75, 3.05) is 5.73 Å². The van der Waals surface area contributed by atoms with E-state index in [2.05, 4.69) is 24.0 Å². The van der Waals surface area contributed by atoms with Crippen LogP contribution in [0.2, 0.25) is 0 Å². The first-order valence-electron chi connectivity index (χ1n) is 5.05. The van der Waals surface area contributed by atoms with Gasteiger partial charge in [0.1, 0.15) is 0 Å². The van der Waals surface area contributed by atoms with Crippen molar-refractivity contribution in [2.24, 2.45) is 0 Å². The number of hydrogen-bond donors (Lipinski definition) is 1. The van der Waals surface area contributed by atoms with Gasteiger partial charge >= 0.3 is 0 Å². The van der Waals surface area contributed by atoms with Gasteiger partial charge in [0.2, 0.25) is 0 Å². The summed E-state index contributed by atoms with van der Waals surface area (Å²) in [6, 6.07) is 6.24. The largest absolute Gasteiger partial charge is 0.399 e. The van der Waals surface area contributed by atoms with E-state index in [4.69, 9.17) is 5.73 Å². The number of hydrogen-bond acceptors (Lipinski definition) is 3. The fourth-order valence-corrected chi connectivity index (χ4v) is 2.24. The lowest BCUT2D eigenvalue weighted by Gasteiger charge is -2.05. The molecule has 0 saturated heterocycles. The summed E-state index contributed by atoms with van der Waals surface area (Å²) >= 11 is 1.69. The van der Waals surface area contributed by atoms with Crippen LogP contribution in [0.3, 0.4) is 0 Å². The first kappa shape index (κ1) is 10.2. The Labute approximate surface area is 93.8 Å². The van der Waals surface area contributed by atoms with Crippen LogP contribution in [0.5, 0.6) is 0 Å². The summed E-state index contributed by atoms with van der Waals surface area (Å²) < 4.78 is 0. The second-order valence-electron chi connectivity index (χ2n) is 3.49. The van der Waals surface area contributed by atoms with Crippen LogP contribution in [0.4, 0.5) is 5.69 Å². The monoisotopic (exact) mass is 218 g/mol. The molecule has 0 saturated carbocycles. The minimum absolute atomic E-state index is 0.889. The quantitative estimate of drug-likeness (QED) is 0.804. The van der Waals surface area contributed by atoms with Crippen molar-refractivity contribution in [3.63, 3.8) is 0 Å². The molecular weight excluding hydrogens is 204 g/mol. The highest BCUT2D eigenvalue weighted by atomic mass is 32.1. The minimum atomic E-state index is 0.889. The molecule has 0 radical (unpaired) electrons. The van der Waals surface area contributed by atoms with Gasteiger partial charge in [0.05, 0.1) is 5.01 Å². The van der Waals surface area contributed by atoms with E-state index >= 15 is 0 Å². The average molecular weight is 218 g/mol. The number of benzene rings is 1. The molecule has 2 aromatic rings. The van der Waals surface area contributed by atoms with Gasteiger partial charge in [-0.1, -0.05) is 19.1 Å². The predicted molar refractivity (Wildman–Crippen MR) is 65.2 cm³/mol. The summed E-state index contributed by atoms with van der Waals surface area (Å²) in [6.07, 6.45) is 3.74. The molecule has 2 rings (SSSR count). The summed E-state index contributed by atoms with van der Waals surface area (Å²) in [7, 11) is 0. The van der Waals surface area contributed by atoms with Gasteiger partial charge in [-0.05, 0) is 23.6 Å². The molecule has 0 bridgehead atoms. The zero-order chi connectivity index (χ0) is 10.7. The Morgan fingerprint density at radius 3 is 2.93 bits per heavy atom. The van der Waals surface area contributed by atoms with Crippen molar-refractivity contribution in [1.29, 1.82) is 0 Å². The normalized spacial score (nSPS) is 10.5. The number of aromatic nitrogens is 1. The Hall–Kier alpha value is -1.35. The first-order chi connectivity index (χ1) is 7.29. The average Bonchev–Trinajstić information content (AvgIpc) is 2.73. The second kappa shape index (κ2) is 4.45.